The molecule has 20 nitrogen and oxygen atoms in total. The van der Waals surface area contributed by atoms with Crippen molar-refractivity contribution in [1.82, 2.24) is 41.7 Å². The number of rotatable bonds is 22. The highest BCUT2D eigenvalue weighted by molar-refractivity contribution is 7.08. The standard InChI is InChI=1S/C62H52N8O12S2/c71-37-5-1-33(2-6-37)25-47(57(77)65-21-19-63-49(73)27-35-17-23-83-31-35)67-51(75)29-69-59(79)43-13-9-39-41-11-15-45-56-46(16-12-42(54(41)56)40-10-14-44(60(69)80)55(43)53(39)40)62(82)70(61(45)81)30-52(76)68-48(26-34-3-7-38(72)8-4-34)58(78)66-22-20-64-50(74)28-36-18-24-84-32-36/h1-18,23-24,31-32,47-48,71-72H,19-22,25-30H2,(H,63,73)(H,64,74)(H,65,77)(H,66,78)(H,67,75)(H,68,76). The van der Waals surface area contributed by atoms with Crippen molar-refractivity contribution in [1.29, 1.82) is 0 Å². The van der Waals surface area contributed by atoms with Crippen molar-refractivity contribution in [3.8, 4) is 11.5 Å². The molecular weight excluding hydrogens is 1110 g/mol. The Morgan fingerprint density at radius 2 is 0.726 bits per heavy atom. The number of fused-ring (bicyclic) bond motifs is 2. The van der Waals surface area contributed by atoms with Crippen LogP contribution in [-0.2, 0) is 54.5 Å². The maximum atomic E-state index is 14.4. The quantitative estimate of drug-likeness (QED) is 0.0195. The lowest BCUT2D eigenvalue weighted by Gasteiger charge is -2.30. The molecule has 84 heavy (non-hydrogen) atoms. The molecule has 2 aliphatic rings. The number of aromatic hydroxyl groups is 2. The van der Waals surface area contributed by atoms with Crippen LogP contribution in [-0.4, -0.2) is 130 Å². The fourth-order valence-corrected chi connectivity index (χ4v) is 12.2. The van der Waals surface area contributed by atoms with Crippen molar-refractivity contribution in [2.24, 2.45) is 0 Å². The molecule has 8 N–H and O–H groups in total. The Bertz CT molecular complexity index is 3750. The van der Waals surface area contributed by atoms with Crippen LogP contribution in [0.25, 0.3) is 43.1 Å². The summed E-state index contributed by atoms with van der Waals surface area (Å²) in [4.78, 5) is 139. The normalized spacial score (nSPS) is 13.6. The van der Waals surface area contributed by atoms with Crippen molar-refractivity contribution in [3.05, 3.63) is 175 Å². The van der Waals surface area contributed by atoms with Gasteiger partial charge in [-0.3, -0.25) is 57.7 Å². The Morgan fingerprint density at radius 1 is 0.393 bits per heavy atom. The molecule has 0 saturated carbocycles. The van der Waals surface area contributed by atoms with Crippen LogP contribution in [0.4, 0.5) is 0 Å². The first-order valence-corrected chi connectivity index (χ1v) is 28.7. The van der Waals surface area contributed by atoms with Crippen LogP contribution >= 0.6 is 22.7 Å². The van der Waals surface area contributed by atoms with Crippen molar-refractivity contribution in [2.45, 2.75) is 37.8 Å². The molecule has 0 fully saturated rings. The number of carbonyl (C=O) groups is 10. The number of phenols is 2. The maximum absolute atomic E-state index is 14.4. The van der Waals surface area contributed by atoms with Crippen LogP contribution in [0.3, 0.4) is 0 Å². The number of thiophene rings is 2. The third-order valence-corrected chi connectivity index (χ3v) is 16.3. The summed E-state index contributed by atoms with van der Waals surface area (Å²) in [5.74, 6) is -6.24. The smallest absolute Gasteiger partial charge is 0.261 e. The zero-order valence-corrected chi connectivity index (χ0v) is 46.2. The van der Waals surface area contributed by atoms with Gasteiger partial charge in [-0.2, -0.15) is 22.7 Å². The van der Waals surface area contributed by atoms with E-state index in [-0.39, 0.29) is 97.4 Å². The Hall–Kier alpha value is -10.1. The van der Waals surface area contributed by atoms with E-state index in [1.54, 1.807) is 72.8 Å². The Balaban J connectivity index is 0.795. The molecule has 10 amide bonds. The Kier molecular flexibility index (Phi) is 15.8. The van der Waals surface area contributed by atoms with E-state index in [1.165, 1.54) is 46.9 Å². The molecule has 2 aromatic heterocycles. The topological polar surface area (TPSA) is 290 Å². The fraction of sp³-hybridized carbons (Fsp3) is 0.194. The zero-order valence-electron chi connectivity index (χ0n) is 44.6. The SMILES string of the molecule is O=C(Cc1ccsc1)NCCNC(=O)C(Cc1ccc(O)cc1)NC(=O)CN1C(=O)c2ccc3c4ccc5c6c(ccc(c7ccc(c2c37)C1=O)c64)C(=O)N(CC(=O)NC(Cc1ccc(O)cc1)C(=O)NCCNC(=O)Cc1ccsc1)C5=O. The first-order chi connectivity index (χ1) is 40.6. The summed E-state index contributed by atoms with van der Waals surface area (Å²) in [6, 6.07) is 26.5. The van der Waals surface area contributed by atoms with Gasteiger partial charge in [-0.25, -0.2) is 0 Å². The molecular formula is C62H52N8O12S2. The molecule has 0 spiro atoms. The fourth-order valence-electron chi connectivity index (χ4n) is 10.9. The second-order valence-corrected chi connectivity index (χ2v) is 22.0. The molecule has 2 atom stereocenters. The van der Waals surface area contributed by atoms with E-state index in [1.807, 2.05) is 33.7 Å². The number of hydrogen-bond acceptors (Lipinski definition) is 14. The van der Waals surface area contributed by atoms with Crippen LogP contribution in [0.2, 0.25) is 0 Å². The van der Waals surface area contributed by atoms with E-state index in [4.69, 9.17) is 0 Å². The number of nitrogens with zero attached hydrogens (tertiary/aromatic N) is 2. The average Bonchev–Trinajstić information content (AvgIpc) is 0.794. The van der Waals surface area contributed by atoms with Crippen molar-refractivity contribution < 1.29 is 58.2 Å². The third-order valence-electron chi connectivity index (χ3n) is 14.8. The molecule has 0 radical (unpaired) electrons. The lowest BCUT2D eigenvalue weighted by molar-refractivity contribution is -0.129. The van der Waals surface area contributed by atoms with E-state index in [0.29, 0.717) is 54.2 Å². The monoisotopic (exact) mass is 1160 g/mol. The minimum Gasteiger partial charge on any atom is -0.508 e. The van der Waals surface area contributed by atoms with Crippen molar-refractivity contribution in [2.75, 3.05) is 39.3 Å². The van der Waals surface area contributed by atoms with E-state index in [2.05, 4.69) is 31.9 Å². The molecule has 9 aromatic rings. The van der Waals surface area contributed by atoms with Gasteiger partial charge in [0.05, 0.1) is 12.8 Å². The summed E-state index contributed by atoms with van der Waals surface area (Å²) in [5, 5.41) is 47.8. The number of imide groups is 2. The van der Waals surface area contributed by atoms with Crippen LogP contribution in [0.5, 0.6) is 11.5 Å². The molecule has 424 valence electrons. The number of phenolic OH excluding ortho intramolecular Hbond substituents is 2. The molecule has 2 aliphatic heterocycles. The molecule has 0 saturated heterocycles. The maximum Gasteiger partial charge on any atom is 0.261 e. The highest BCUT2D eigenvalue weighted by atomic mass is 32.1. The van der Waals surface area contributed by atoms with E-state index >= 15 is 0 Å². The number of hydrogen-bond donors (Lipinski definition) is 8. The molecule has 11 rings (SSSR count). The largest absolute Gasteiger partial charge is 0.508 e. The van der Waals surface area contributed by atoms with Crippen LogP contribution in [0, 0.1) is 0 Å². The molecule has 22 heteroatoms. The highest BCUT2D eigenvalue weighted by Gasteiger charge is 2.39. The minimum atomic E-state index is -1.18. The van der Waals surface area contributed by atoms with Gasteiger partial charge in [0.15, 0.2) is 0 Å². The van der Waals surface area contributed by atoms with E-state index in [0.717, 1.165) is 20.9 Å². The Labute approximate surface area is 486 Å². The van der Waals surface area contributed by atoms with Gasteiger partial charge >= 0.3 is 0 Å². The van der Waals surface area contributed by atoms with Crippen LogP contribution in [0.15, 0.2) is 131 Å². The van der Waals surface area contributed by atoms with Crippen LogP contribution < -0.4 is 31.9 Å². The molecule has 0 aliphatic carbocycles. The van der Waals surface area contributed by atoms with Crippen molar-refractivity contribution in [3.63, 3.8) is 0 Å². The van der Waals surface area contributed by atoms with Gasteiger partial charge in [0.2, 0.25) is 35.4 Å². The van der Waals surface area contributed by atoms with E-state index < -0.39 is 72.4 Å². The zero-order chi connectivity index (χ0) is 58.8. The van der Waals surface area contributed by atoms with Gasteiger partial charge in [0, 0.05) is 72.0 Å². The van der Waals surface area contributed by atoms with Gasteiger partial charge in [-0.1, -0.05) is 48.5 Å². The second-order valence-electron chi connectivity index (χ2n) is 20.4. The molecule has 2 unspecified atom stereocenters. The first kappa shape index (κ1) is 55.8. The number of amides is 10. The minimum absolute atomic E-state index is 0.00208. The molecule has 7 aromatic carbocycles. The van der Waals surface area contributed by atoms with Gasteiger partial charge in [-0.05, 0) is 137 Å². The highest BCUT2D eigenvalue weighted by Crippen LogP contribution is 2.46. The Morgan fingerprint density at radius 3 is 1.05 bits per heavy atom. The number of nitrogens with one attached hydrogen (secondary N) is 6. The lowest BCUT2D eigenvalue weighted by atomic mass is 9.82. The van der Waals surface area contributed by atoms with E-state index in [9.17, 15) is 58.2 Å². The third kappa shape index (κ3) is 11.4. The summed E-state index contributed by atoms with van der Waals surface area (Å²) in [6.45, 7) is -1.15. The second kappa shape index (κ2) is 23.8. The summed E-state index contributed by atoms with van der Waals surface area (Å²) in [7, 11) is 0. The van der Waals surface area contributed by atoms with Crippen LogP contribution in [0.1, 0.15) is 63.7 Å². The molecule has 0 bridgehead atoms. The first-order valence-electron chi connectivity index (χ1n) is 26.8. The van der Waals surface area contributed by atoms with Gasteiger partial charge in [0.25, 0.3) is 23.6 Å². The summed E-state index contributed by atoms with van der Waals surface area (Å²) < 4.78 is 0. The average molecular weight is 1170 g/mol. The van der Waals surface area contributed by atoms with Crippen molar-refractivity contribution >= 4 is 125 Å². The lowest BCUT2D eigenvalue weighted by Crippen LogP contribution is -2.53. The summed E-state index contributed by atoms with van der Waals surface area (Å²) >= 11 is 2.95. The molecule has 4 heterocycles. The van der Waals surface area contributed by atoms with Gasteiger partial charge in [-0.15, -0.1) is 0 Å². The number of benzene rings is 7. The van der Waals surface area contributed by atoms with Gasteiger partial charge in [0.1, 0.15) is 36.7 Å². The predicted octanol–water partition coefficient (Wildman–Crippen LogP) is 4.87. The summed E-state index contributed by atoms with van der Waals surface area (Å²) in [6.07, 6.45) is 0.336. The van der Waals surface area contributed by atoms with Gasteiger partial charge < -0.3 is 42.1 Å². The summed E-state index contributed by atoms with van der Waals surface area (Å²) in [5.41, 5.74) is 3.48. The predicted molar refractivity (Wildman–Crippen MR) is 314 cm³/mol. The number of carbonyl (C=O) groups excluding carboxylic acids is 10.